The largest absolute Gasteiger partial charge is 0.480 e. The summed E-state index contributed by atoms with van der Waals surface area (Å²) in [7, 11) is 0. The number of carbonyl (C=O) groups excluding carboxylic acids is 2. The molecule has 0 spiro atoms. The third-order valence-corrected chi connectivity index (χ3v) is 4.32. The predicted octanol–water partition coefficient (Wildman–Crippen LogP) is 0.913. The summed E-state index contributed by atoms with van der Waals surface area (Å²) >= 11 is 1.45. The van der Waals surface area contributed by atoms with Crippen LogP contribution in [0.1, 0.15) is 34.1 Å². The van der Waals surface area contributed by atoms with Gasteiger partial charge in [-0.2, -0.15) is 0 Å². The number of amides is 2. The Morgan fingerprint density at radius 1 is 1.35 bits per heavy atom. The molecule has 2 N–H and O–H groups in total. The maximum Gasteiger partial charge on any atom is 0.327 e. The third-order valence-electron chi connectivity index (χ3n) is 3.10. The quantitative estimate of drug-likeness (QED) is 0.806. The zero-order chi connectivity index (χ0) is 15.5. The highest BCUT2D eigenvalue weighted by Gasteiger charge is 2.39. The highest BCUT2D eigenvalue weighted by molar-refractivity contribution is 8.00. The topological polar surface area (TPSA) is 86.7 Å². The molecule has 1 saturated heterocycles. The van der Waals surface area contributed by atoms with Gasteiger partial charge in [0.15, 0.2) is 0 Å². The molecule has 0 aromatic carbocycles. The average Bonchev–Trinajstić information content (AvgIpc) is 2.69. The molecule has 114 valence electrons. The summed E-state index contributed by atoms with van der Waals surface area (Å²) in [5, 5.41) is 11.7. The van der Waals surface area contributed by atoms with Gasteiger partial charge < -0.3 is 15.3 Å². The maximum atomic E-state index is 12.1. The van der Waals surface area contributed by atoms with E-state index in [-0.39, 0.29) is 30.2 Å². The van der Waals surface area contributed by atoms with Crippen LogP contribution in [-0.2, 0) is 14.4 Å². The van der Waals surface area contributed by atoms with E-state index in [1.54, 1.807) is 20.8 Å². The van der Waals surface area contributed by atoms with Crippen LogP contribution in [0.4, 0.5) is 0 Å². The standard InChI is InChI=1S/C13H22N2O4S/c1-8-15(9(7-20-8)11(17)18)10(16)5-6-14-12(19)13(2,3)4/h8-9H,5-7H2,1-4H3,(H,14,19)(H,17,18). The lowest BCUT2D eigenvalue weighted by atomic mass is 9.96. The van der Waals surface area contributed by atoms with Crippen molar-refractivity contribution in [3.05, 3.63) is 0 Å². The van der Waals surface area contributed by atoms with E-state index in [4.69, 9.17) is 5.11 Å². The van der Waals surface area contributed by atoms with Gasteiger partial charge in [-0.15, -0.1) is 11.8 Å². The normalized spacial score (nSPS) is 22.7. The second kappa shape index (κ2) is 6.47. The van der Waals surface area contributed by atoms with Crippen molar-refractivity contribution in [1.82, 2.24) is 10.2 Å². The van der Waals surface area contributed by atoms with Gasteiger partial charge >= 0.3 is 5.97 Å². The summed E-state index contributed by atoms with van der Waals surface area (Å²) in [6, 6.07) is -0.763. The number of hydrogen-bond donors (Lipinski definition) is 2. The number of hydrogen-bond acceptors (Lipinski definition) is 4. The first kappa shape index (κ1) is 16.8. The Labute approximate surface area is 123 Å². The Balaban J connectivity index is 2.50. The van der Waals surface area contributed by atoms with E-state index in [1.165, 1.54) is 16.7 Å². The first-order valence-corrected chi connectivity index (χ1v) is 7.63. The van der Waals surface area contributed by atoms with Gasteiger partial charge in [0, 0.05) is 24.1 Å². The summed E-state index contributed by atoms with van der Waals surface area (Å²) in [6.07, 6.45) is 0.122. The Kier molecular flexibility index (Phi) is 5.44. The van der Waals surface area contributed by atoms with Crippen LogP contribution in [0.25, 0.3) is 0 Å². The molecule has 1 heterocycles. The van der Waals surface area contributed by atoms with E-state index < -0.39 is 17.4 Å². The van der Waals surface area contributed by atoms with Gasteiger partial charge in [-0.05, 0) is 6.92 Å². The van der Waals surface area contributed by atoms with E-state index in [0.717, 1.165) is 0 Å². The van der Waals surface area contributed by atoms with Crippen LogP contribution in [0.5, 0.6) is 0 Å². The molecular formula is C13H22N2O4S. The number of aliphatic carboxylic acids is 1. The number of rotatable bonds is 4. The fourth-order valence-electron chi connectivity index (χ4n) is 1.89. The van der Waals surface area contributed by atoms with Gasteiger partial charge in [0.25, 0.3) is 0 Å². The molecule has 0 aromatic rings. The van der Waals surface area contributed by atoms with E-state index in [1.807, 2.05) is 6.92 Å². The molecule has 0 aromatic heterocycles. The second-order valence-electron chi connectivity index (χ2n) is 5.84. The van der Waals surface area contributed by atoms with E-state index >= 15 is 0 Å². The van der Waals surface area contributed by atoms with Crippen molar-refractivity contribution >= 4 is 29.5 Å². The summed E-state index contributed by atoms with van der Waals surface area (Å²) in [5.74, 6) is -0.918. The maximum absolute atomic E-state index is 12.1. The molecule has 0 radical (unpaired) electrons. The summed E-state index contributed by atoms with van der Waals surface area (Å²) in [5.41, 5.74) is -0.497. The van der Waals surface area contributed by atoms with Crippen molar-refractivity contribution in [3.63, 3.8) is 0 Å². The van der Waals surface area contributed by atoms with Crippen LogP contribution in [0.3, 0.4) is 0 Å². The molecule has 1 aliphatic rings. The molecule has 0 bridgehead atoms. The Morgan fingerprint density at radius 2 is 1.95 bits per heavy atom. The first-order valence-electron chi connectivity index (χ1n) is 6.58. The molecule has 6 nitrogen and oxygen atoms in total. The van der Waals surface area contributed by atoms with Gasteiger partial charge in [0.1, 0.15) is 6.04 Å². The van der Waals surface area contributed by atoms with E-state index in [2.05, 4.69) is 5.32 Å². The fraction of sp³-hybridized carbons (Fsp3) is 0.769. The predicted molar refractivity (Wildman–Crippen MR) is 77.3 cm³/mol. The molecule has 2 amide bonds. The Bertz CT molecular complexity index is 406. The highest BCUT2D eigenvalue weighted by atomic mass is 32.2. The van der Waals surface area contributed by atoms with Crippen LogP contribution in [0.15, 0.2) is 0 Å². The minimum absolute atomic E-state index is 0.121. The SMILES string of the molecule is CC1SCC(C(=O)O)N1C(=O)CCNC(=O)C(C)(C)C. The summed E-state index contributed by atoms with van der Waals surface area (Å²) < 4.78 is 0. The first-order chi connectivity index (χ1) is 9.14. The molecule has 0 aliphatic carbocycles. The Hall–Kier alpha value is -1.24. The second-order valence-corrected chi connectivity index (χ2v) is 7.19. The number of carboxylic acid groups (broad SMARTS) is 1. The number of nitrogens with zero attached hydrogens (tertiary/aromatic N) is 1. The van der Waals surface area contributed by atoms with Gasteiger partial charge in [-0.1, -0.05) is 20.8 Å². The van der Waals surface area contributed by atoms with Gasteiger partial charge in [-0.3, -0.25) is 9.59 Å². The lowest BCUT2D eigenvalue weighted by Crippen LogP contribution is -2.46. The number of carbonyl (C=O) groups is 3. The molecule has 1 aliphatic heterocycles. The van der Waals surface area contributed by atoms with Crippen molar-refractivity contribution < 1.29 is 19.5 Å². The van der Waals surface area contributed by atoms with Crippen molar-refractivity contribution in [1.29, 1.82) is 0 Å². The smallest absolute Gasteiger partial charge is 0.327 e. The molecule has 2 atom stereocenters. The monoisotopic (exact) mass is 302 g/mol. The minimum Gasteiger partial charge on any atom is -0.480 e. The van der Waals surface area contributed by atoms with Crippen LogP contribution >= 0.6 is 11.8 Å². The van der Waals surface area contributed by atoms with Crippen LogP contribution < -0.4 is 5.32 Å². The molecule has 20 heavy (non-hydrogen) atoms. The number of thioether (sulfide) groups is 1. The van der Waals surface area contributed by atoms with Gasteiger partial charge in [0.2, 0.25) is 11.8 Å². The average molecular weight is 302 g/mol. The van der Waals surface area contributed by atoms with E-state index in [9.17, 15) is 14.4 Å². The fourth-order valence-corrected chi connectivity index (χ4v) is 3.08. The van der Waals surface area contributed by atoms with Crippen LogP contribution in [0, 0.1) is 5.41 Å². The van der Waals surface area contributed by atoms with Crippen molar-refractivity contribution in [3.8, 4) is 0 Å². The molecule has 7 heteroatoms. The van der Waals surface area contributed by atoms with E-state index in [0.29, 0.717) is 5.75 Å². The molecule has 2 unspecified atom stereocenters. The summed E-state index contributed by atoms with van der Waals surface area (Å²) in [4.78, 5) is 36.3. The highest BCUT2D eigenvalue weighted by Crippen LogP contribution is 2.29. The molecule has 0 saturated carbocycles. The van der Waals surface area contributed by atoms with Crippen molar-refractivity contribution in [2.24, 2.45) is 5.41 Å². The number of nitrogens with one attached hydrogen (secondary N) is 1. The zero-order valence-corrected chi connectivity index (χ0v) is 13.1. The Morgan fingerprint density at radius 3 is 2.45 bits per heavy atom. The lowest BCUT2D eigenvalue weighted by molar-refractivity contribution is -0.149. The van der Waals surface area contributed by atoms with Crippen molar-refractivity contribution in [2.45, 2.75) is 45.5 Å². The zero-order valence-electron chi connectivity index (χ0n) is 12.3. The number of carboxylic acids is 1. The minimum atomic E-state index is -0.978. The molecular weight excluding hydrogens is 280 g/mol. The van der Waals surface area contributed by atoms with Gasteiger partial charge in [-0.25, -0.2) is 4.79 Å². The summed E-state index contributed by atoms with van der Waals surface area (Å²) in [6.45, 7) is 7.44. The third kappa shape index (κ3) is 4.13. The lowest BCUT2D eigenvalue weighted by Gasteiger charge is -2.25. The molecule has 1 rings (SSSR count). The van der Waals surface area contributed by atoms with Crippen molar-refractivity contribution in [2.75, 3.05) is 12.3 Å². The van der Waals surface area contributed by atoms with Crippen LogP contribution in [0.2, 0.25) is 0 Å². The molecule has 1 fully saturated rings. The van der Waals surface area contributed by atoms with Gasteiger partial charge in [0.05, 0.1) is 5.37 Å². The van der Waals surface area contributed by atoms with Crippen LogP contribution in [-0.4, -0.2) is 51.5 Å².